The zero-order chi connectivity index (χ0) is 15.7. The molecule has 22 heavy (non-hydrogen) atoms. The van der Waals surface area contributed by atoms with E-state index in [1.165, 1.54) is 57.8 Å². The van der Waals surface area contributed by atoms with Crippen molar-refractivity contribution in [2.24, 2.45) is 35.5 Å². The van der Waals surface area contributed by atoms with E-state index in [0.29, 0.717) is 11.8 Å². The molecular weight excluding hydrogens is 290 g/mol. The van der Waals surface area contributed by atoms with E-state index in [4.69, 9.17) is 0 Å². The zero-order valence-corrected chi connectivity index (χ0v) is 15.8. The minimum absolute atomic E-state index is 0.205. The van der Waals surface area contributed by atoms with Gasteiger partial charge in [0.2, 0.25) is 0 Å². The minimum Gasteiger partial charge on any atom is -0.247 e. The molecule has 3 fully saturated rings. The van der Waals surface area contributed by atoms with E-state index in [1.54, 1.807) is 0 Å². The molecule has 3 aliphatic rings. The van der Waals surface area contributed by atoms with Crippen LogP contribution in [0, 0.1) is 35.5 Å². The maximum absolute atomic E-state index is 14.2. The second-order valence-corrected chi connectivity index (χ2v) is 9.77. The molecule has 0 aromatic rings. The Hall–Kier alpha value is 0.360. The lowest BCUT2D eigenvalue weighted by atomic mass is 9.64. The van der Waals surface area contributed by atoms with Gasteiger partial charge in [0.05, 0.1) is 0 Å². The molecule has 2 heteroatoms. The van der Waals surface area contributed by atoms with Crippen molar-refractivity contribution >= 4 is 9.24 Å². The van der Waals surface area contributed by atoms with Crippen LogP contribution < -0.4 is 0 Å². The molecule has 0 aromatic carbocycles. The van der Waals surface area contributed by atoms with Crippen LogP contribution in [-0.4, -0.2) is 11.8 Å². The first-order valence-corrected chi connectivity index (χ1v) is 10.6. The van der Waals surface area contributed by atoms with E-state index in [1.807, 2.05) is 0 Å². The second-order valence-electron chi connectivity index (χ2n) is 9.00. The molecule has 5 atom stereocenters. The molecule has 0 saturated heterocycles. The quantitative estimate of drug-likeness (QED) is 0.526. The molecule has 0 spiro atoms. The van der Waals surface area contributed by atoms with E-state index in [-0.39, 0.29) is 5.66 Å². The topological polar surface area (TPSA) is 0 Å². The summed E-state index contributed by atoms with van der Waals surface area (Å²) in [6.07, 6.45) is 13.1. The third-order valence-electron chi connectivity index (χ3n) is 7.49. The molecule has 0 nitrogen and oxygen atoms in total. The Morgan fingerprint density at radius 2 is 1.14 bits per heavy atom. The van der Waals surface area contributed by atoms with Crippen LogP contribution in [0.2, 0.25) is 0 Å². The Labute approximate surface area is 139 Å². The van der Waals surface area contributed by atoms with Crippen LogP contribution in [0.5, 0.6) is 0 Å². The maximum atomic E-state index is 14.2. The summed E-state index contributed by atoms with van der Waals surface area (Å²) in [5.41, 5.74) is 0.205. The van der Waals surface area contributed by atoms with Gasteiger partial charge in [-0.3, -0.25) is 0 Å². The van der Waals surface area contributed by atoms with Gasteiger partial charge >= 0.3 is 0 Å². The molecule has 0 radical (unpaired) electrons. The molecule has 3 aliphatic carbocycles. The van der Waals surface area contributed by atoms with Gasteiger partial charge in [-0.2, -0.15) is 0 Å². The largest absolute Gasteiger partial charge is 0.247 e. The van der Waals surface area contributed by atoms with Crippen molar-refractivity contribution in [1.29, 1.82) is 0 Å². The van der Waals surface area contributed by atoms with E-state index >= 15 is 0 Å². The van der Waals surface area contributed by atoms with E-state index in [9.17, 15) is 4.39 Å². The first-order valence-electron chi connectivity index (χ1n) is 9.94. The van der Waals surface area contributed by atoms with E-state index < -0.39 is 6.17 Å². The molecule has 0 aromatic heterocycles. The van der Waals surface area contributed by atoms with Gasteiger partial charge in [0.25, 0.3) is 0 Å². The van der Waals surface area contributed by atoms with Crippen LogP contribution in [0.3, 0.4) is 0 Å². The summed E-state index contributed by atoms with van der Waals surface area (Å²) in [5, 5.41) is 0. The fourth-order valence-corrected chi connectivity index (χ4v) is 6.08. The second kappa shape index (κ2) is 7.50. The molecule has 5 unspecified atom stereocenters. The summed E-state index contributed by atoms with van der Waals surface area (Å²) < 4.78 is 14.2. The maximum Gasteiger partial charge on any atom is 0.107 e. The summed E-state index contributed by atoms with van der Waals surface area (Å²) in [6, 6.07) is 0. The third-order valence-corrected chi connectivity index (χ3v) is 8.56. The molecule has 0 heterocycles. The Morgan fingerprint density at radius 3 is 1.64 bits per heavy atom. The molecule has 0 bridgehead atoms. The van der Waals surface area contributed by atoms with Crippen LogP contribution in [0.25, 0.3) is 0 Å². The van der Waals surface area contributed by atoms with Crippen LogP contribution in [0.1, 0.15) is 78.1 Å². The molecule has 0 N–H and O–H groups in total. The molecule has 3 rings (SSSR count). The number of alkyl halides is 1. The summed E-state index contributed by atoms with van der Waals surface area (Å²) in [5.74, 6) is 5.05. The van der Waals surface area contributed by atoms with Gasteiger partial charge in [-0.05, 0) is 86.9 Å². The number of rotatable bonds is 2. The normalized spacial score (nSPS) is 50.7. The van der Waals surface area contributed by atoms with Gasteiger partial charge < -0.3 is 0 Å². The van der Waals surface area contributed by atoms with Gasteiger partial charge in [-0.15, -0.1) is 9.24 Å². The summed E-state index contributed by atoms with van der Waals surface area (Å²) in [6.45, 7) is 4.68. The lowest BCUT2D eigenvalue weighted by Crippen LogP contribution is -2.37. The van der Waals surface area contributed by atoms with Crippen LogP contribution in [0.15, 0.2) is 0 Å². The highest BCUT2D eigenvalue weighted by Crippen LogP contribution is 2.47. The average molecular weight is 326 g/mol. The SMILES string of the molecule is CC1CCC(C2CCC(C3CC(C)C(P)C(F)C3)CC2)CC1. The zero-order valence-electron chi connectivity index (χ0n) is 14.6. The van der Waals surface area contributed by atoms with Gasteiger partial charge in [0.15, 0.2) is 0 Å². The first-order chi connectivity index (χ1) is 10.5. The van der Waals surface area contributed by atoms with E-state index in [2.05, 4.69) is 23.1 Å². The summed E-state index contributed by atoms with van der Waals surface area (Å²) >= 11 is 0. The van der Waals surface area contributed by atoms with Crippen LogP contribution >= 0.6 is 9.24 Å². The lowest BCUT2D eigenvalue weighted by molar-refractivity contribution is 0.0780. The first kappa shape index (κ1) is 17.2. The molecule has 128 valence electrons. The van der Waals surface area contributed by atoms with Crippen molar-refractivity contribution in [2.45, 2.75) is 89.9 Å². The summed E-state index contributed by atoms with van der Waals surface area (Å²) in [7, 11) is 2.76. The monoisotopic (exact) mass is 326 g/mol. The van der Waals surface area contributed by atoms with Crippen molar-refractivity contribution < 1.29 is 4.39 Å². The van der Waals surface area contributed by atoms with Gasteiger partial charge in [0, 0.05) is 5.66 Å². The highest BCUT2D eigenvalue weighted by Gasteiger charge is 2.38. The van der Waals surface area contributed by atoms with Gasteiger partial charge in [-0.25, -0.2) is 4.39 Å². The highest BCUT2D eigenvalue weighted by molar-refractivity contribution is 7.17. The van der Waals surface area contributed by atoms with Crippen LogP contribution in [-0.2, 0) is 0 Å². The third kappa shape index (κ3) is 3.88. The number of halogens is 1. The average Bonchev–Trinajstić information content (AvgIpc) is 2.53. The van der Waals surface area contributed by atoms with E-state index in [0.717, 1.165) is 30.1 Å². The Bertz CT molecular complexity index is 330. The molecular formula is C20H36FP. The van der Waals surface area contributed by atoms with Gasteiger partial charge in [-0.1, -0.05) is 26.7 Å². The number of hydrogen-bond acceptors (Lipinski definition) is 0. The van der Waals surface area contributed by atoms with Crippen molar-refractivity contribution in [1.82, 2.24) is 0 Å². The van der Waals surface area contributed by atoms with Gasteiger partial charge in [0.1, 0.15) is 6.17 Å². The highest BCUT2D eigenvalue weighted by atomic mass is 31.0. The van der Waals surface area contributed by atoms with Crippen molar-refractivity contribution in [2.75, 3.05) is 0 Å². The Kier molecular flexibility index (Phi) is 5.86. The Balaban J connectivity index is 1.47. The fourth-order valence-electron chi connectivity index (χ4n) is 5.76. The predicted octanol–water partition coefficient (Wildman–Crippen LogP) is 6.25. The van der Waals surface area contributed by atoms with Crippen molar-refractivity contribution in [3.63, 3.8) is 0 Å². The fraction of sp³-hybridized carbons (Fsp3) is 1.00. The summed E-state index contributed by atoms with van der Waals surface area (Å²) in [4.78, 5) is 0. The predicted molar refractivity (Wildman–Crippen MR) is 96.9 cm³/mol. The van der Waals surface area contributed by atoms with Crippen molar-refractivity contribution in [3.8, 4) is 0 Å². The molecule has 0 amide bonds. The van der Waals surface area contributed by atoms with Crippen molar-refractivity contribution in [3.05, 3.63) is 0 Å². The lowest BCUT2D eigenvalue weighted by Gasteiger charge is -2.43. The molecule has 0 aliphatic heterocycles. The number of hydrogen-bond donors (Lipinski definition) is 0. The Morgan fingerprint density at radius 1 is 0.682 bits per heavy atom. The molecule has 3 saturated carbocycles. The standard InChI is InChI=1S/C20H36FP/c1-13-3-5-15(6-4-13)16-7-9-17(10-8-16)18-11-14(2)20(22)19(21)12-18/h13-20H,3-12,22H2,1-2H3. The minimum atomic E-state index is -0.573. The smallest absolute Gasteiger partial charge is 0.107 e. The van der Waals surface area contributed by atoms with Crippen LogP contribution in [0.4, 0.5) is 4.39 Å².